The highest BCUT2D eigenvalue weighted by Crippen LogP contribution is 2.22. The predicted molar refractivity (Wildman–Crippen MR) is 102 cm³/mol. The molecule has 1 aromatic rings. The fraction of sp³-hybridized carbons (Fsp3) is 0.450. The summed E-state index contributed by atoms with van der Waals surface area (Å²) >= 11 is 0. The second kappa shape index (κ2) is 9.49. The average Bonchev–Trinajstić information content (AvgIpc) is 2.92. The van der Waals surface area contributed by atoms with Crippen molar-refractivity contribution in [3.8, 4) is 0 Å². The molecule has 30 heavy (non-hydrogen) atoms. The highest BCUT2D eigenvalue weighted by molar-refractivity contribution is 6.20. The SMILES string of the molecule is COC(=O)[C@H](CCC(=O)CON1C(=O)c2ccccc2C1=O)NC(=O)OC(C)(C)C. The van der Waals surface area contributed by atoms with E-state index in [2.05, 4.69) is 10.1 Å². The van der Waals surface area contributed by atoms with Gasteiger partial charge in [0.05, 0.1) is 18.2 Å². The van der Waals surface area contributed by atoms with E-state index >= 15 is 0 Å². The number of esters is 1. The zero-order chi connectivity index (χ0) is 22.5. The molecule has 3 amide bonds. The number of amides is 3. The van der Waals surface area contributed by atoms with Gasteiger partial charge < -0.3 is 14.8 Å². The lowest BCUT2D eigenvalue weighted by molar-refractivity contribution is -0.143. The number of methoxy groups -OCH3 is 1. The number of carbonyl (C=O) groups is 5. The number of hydroxylamine groups is 2. The number of nitrogens with one attached hydrogen (secondary N) is 1. The Morgan fingerprint density at radius 1 is 1.07 bits per heavy atom. The molecule has 1 aliphatic heterocycles. The molecule has 0 aliphatic carbocycles. The summed E-state index contributed by atoms with van der Waals surface area (Å²) in [6.07, 6.45) is -1.07. The summed E-state index contributed by atoms with van der Waals surface area (Å²) in [5.74, 6) is -2.52. The lowest BCUT2D eigenvalue weighted by Gasteiger charge is -2.22. The molecule has 0 saturated carbocycles. The number of hydrogen-bond acceptors (Lipinski definition) is 8. The summed E-state index contributed by atoms with van der Waals surface area (Å²) in [6.45, 7) is 4.45. The Morgan fingerprint density at radius 3 is 2.13 bits per heavy atom. The van der Waals surface area contributed by atoms with Crippen LogP contribution in [0.25, 0.3) is 0 Å². The number of ether oxygens (including phenoxy) is 2. The van der Waals surface area contributed by atoms with E-state index in [1.54, 1.807) is 32.9 Å². The number of carbonyl (C=O) groups excluding carboxylic acids is 5. The molecule has 10 nitrogen and oxygen atoms in total. The highest BCUT2D eigenvalue weighted by atomic mass is 16.7. The summed E-state index contributed by atoms with van der Waals surface area (Å²) in [5, 5.41) is 2.90. The molecule has 0 unspecified atom stereocenters. The van der Waals surface area contributed by atoms with Gasteiger partial charge in [0.15, 0.2) is 5.78 Å². The second-order valence-electron chi connectivity index (χ2n) is 7.52. The van der Waals surface area contributed by atoms with Gasteiger partial charge in [0.1, 0.15) is 18.2 Å². The van der Waals surface area contributed by atoms with E-state index < -0.39 is 47.9 Å². The second-order valence-corrected chi connectivity index (χ2v) is 7.52. The number of alkyl carbamates (subject to hydrolysis) is 1. The van der Waals surface area contributed by atoms with Gasteiger partial charge in [0.2, 0.25) is 0 Å². The molecule has 1 atom stereocenters. The first-order valence-electron chi connectivity index (χ1n) is 9.23. The topological polar surface area (TPSA) is 128 Å². The van der Waals surface area contributed by atoms with Crippen molar-refractivity contribution in [2.24, 2.45) is 0 Å². The Kier molecular flexibility index (Phi) is 7.28. The van der Waals surface area contributed by atoms with Crippen LogP contribution >= 0.6 is 0 Å². The van der Waals surface area contributed by atoms with E-state index in [1.165, 1.54) is 12.1 Å². The van der Waals surface area contributed by atoms with Gasteiger partial charge in [-0.15, -0.1) is 5.06 Å². The van der Waals surface area contributed by atoms with Gasteiger partial charge >= 0.3 is 12.1 Å². The highest BCUT2D eigenvalue weighted by Gasteiger charge is 2.37. The Hall–Kier alpha value is -3.27. The van der Waals surface area contributed by atoms with Gasteiger partial charge in [-0.05, 0) is 39.3 Å². The minimum Gasteiger partial charge on any atom is -0.467 e. The van der Waals surface area contributed by atoms with Crippen molar-refractivity contribution in [1.29, 1.82) is 0 Å². The summed E-state index contributed by atoms with van der Waals surface area (Å²) in [4.78, 5) is 65.4. The third-order valence-electron chi connectivity index (χ3n) is 4.00. The van der Waals surface area contributed by atoms with Gasteiger partial charge in [-0.2, -0.15) is 0 Å². The summed E-state index contributed by atoms with van der Waals surface area (Å²) in [6, 6.07) is 5.11. The monoisotopic (exact) mass is 420 g/mol. The van der Waals surface area contributed by atoms with Crippen LogP contribution in [0.5, 0.6) is 0 Å². The number of benzene rings is 1. The summed E-state index contributed by atoms with van der Waals surface area (Å²) in [5.41, 5.74) is -0.370. The zero-order valence-corrected chi connectivity index (χ0v) is 17.2. The molecule has 0 spiro atoms. The molecule has 0 aromatic heterocycles. The standard InChI is InChI=1S/C20H24N2O8/c1-20(2,3)30-19(27)21-15(18(26)28-4)10-9-12(23)11-29-22-16(24)13-7-5-6-8-14(13)17(22)25/h5-8,15H,9-11H2,1-4H3,(H,21,27)/t15-/m0/s1. The van der Waals surface area contributed by atoms with Crippen molar-refractivity contribution in [1.82, 2.24) is 10.4 Å². The van der Waals surface area contributed by atoms with E-state index in [9.17, 15) is 24.0 Å². The number of hydrogen-bond donors (Lipinski definition) is 1. The number of ketones is 1. The molecule has 1 aliphatic rings. The van der Waals surface area contributed by atoms with Gasteiger partial charge in [0.25, 0.3) is 11.8 Å². The molecule has 1 N–H and O–H groups in total. The van der Waals surface area contributed by atoms with E-state index in [1.807, 2.05) is 0 Å². The summed E-state index contributed by atoms with van der Waals surface area (Å²) < 4.78 is 9.72. The van der Waals surface area contributed by atoms with Crippen molar-refractivity contribution in [3.63, 3.8) is 0 Å². The van der Waals surface area contributed by atoms with Crippen LogP contribution < -0.4 is 5.32 Å². The third-order valence-corrected chi connectivity index (χ3v) is 4.00. The maximum absolute atomic E-state index is 12.2. The Bertz CT molecular complexity index is 824. The average molecular weight is 420 g/mol. The van der Waals surface area contributed by atoms with Crippen molar-refractivity contribution in [2.45, 2.75) is 45.3 Å². The minimum absolute atomic E-state index is 0.0732. The van der Waals surface area contributed by atoms with Gasteiger partial charge in [0, 0.05) is 6.42 Å². The Balaban J connectivity index is 1.87. The van der Waals surface area contributed by atoms with Crippen LogP contribution in [-0.4, -0.2) is 60.1 Å². The summed E-state index contributed by atoms with van der Waals surface area (Å²) in [7, 11) is 1.15. The maximum Gasteiger partial charge on any atom is 0.408 e. The molecular weight excluding hydrogens is 396 g/mol. The molecule has 0 fully saturated rings. The van der Waals surface area contributed by atoms with E-state index in [-0.39, 0.29) is 24.0 Å². The van der Waals surface area contributed by atoms with E-state index in [0.717, 1.165) is 7.11 Å². The van der Waals surface area contributed by atoms with Crippen molar-refractivity contribution >= 4 is 29.7 Å². The zero-order valence-electron chi connectivity index (χ0n) is 17.2. The molecule has 10 heteroatoms. The van der Waals surface area contributed by atoms with Gasteiger partial charge in [-0.25, -0.2) is 9.59 Å². The molecule has 0 radical (unpaired) electrons. The quantitative estimate of drug-likeness (QED) is 0.496. The third kappa shape index (κ3) is 5.86. The van der Waals surface area contributed by atoms with Crippen LogP contribution in [0.2, 0.25) is 0 Å². The van der Waals surface area contributed by atoms with Crippen LogP contribution in [0.3, 0.4) is 0 Å². The lowest BCUT2D eigenvalue weighted by atomic mass is 10.1. The van der Waals surface area contributed by atoms with Crippen LogP contribution in [0.15, 0.2) is 24.3 Å². The molecule has 0 saturated heterocycles. The van der Waals surface area contributed by atoms with E-state index in [0.29, 0.717) is 5.06 Å². The fourth-order valence-electron chi connectivity index (χ4n) is 2.64. The normalized spacial score (nSPS) is 14.2. The van der Waals surface area contributed by atoms with Crippen LogP contribution in [-0.2, 0) is 23.9 Å². The first-order chi connectivity index (χ1) is 14.0. The first kappa shape index (κ1) is 23.0. The number of nitrogens with zero attached hydrogens (tertiary/aromatic N) is 1. The predicted octanol–water partition coefficient (Wildman–Crippen LogP) is 1.63. The van der Waals surface area contributed by atoms with Gasteiger partial charge in [-0.1, -0.05) is 12.1 Å². The number of rotatable bonds is 8. The van der Waals surface area contributed by atoms with Gasteiger partial charge in [-0.3, -0.25) is 19.2 Å². The first-order valence-corrected chi connectivity index (χ1v) is 9.23. The number of Topliss-reactive ketones (excluding diaryl/α,β-unsaturated/α-hetero) is 1. The fourth-order valence-corrected chi connectivity index (χ4v) is 2.64. The minimum atomic E-state index is -1.10. The molecule has 0 bridgehead atoms. The largest absolute Gasteiger partial charge is 0.467 e. The number of imide groups is 1. The Morgan fingerprint density at radius 2 is 1.63 bits per heavy atom. The smallest absolute Gasteiger partial charge is 0.408 e. The lowest BCUT2D eigenvalue weighted by Crippen LogP contribution is -2.44. The number of fused-ring (bicyclic) bond motifs is 1. The van der Waals surface area contributed by atoms with Crippen LogP contribution in [0, 0.1) is 0 Å². The van der Waals surface area contributed by atoms with Crippen molar-refractivity contribution in [2.75, 3.05) is 13.7 Å². The maximum atomic E-state index is 12.2. The molecule has 1 aromatic carbocycles. The van der Waals surface area contributed by atoms with Crippen LogP contribution in [0.4, 0.5) is 4.79 Å². The molecule has 162 valence electrons. The Labute approximate surface area is 173 Å². The van der Waals surface area contributed by atoms with E-state index in [4.69, 9.17) is 9.57 Å². The molecule has 2 rings (SSSR count). The molecular formula is C20H24N2O8. The van der Waals surface area contributed by atoms with Crippen molar-refractivity contribution < 1.29 is 38.3 Å². The molecule has 1 heterocycles. The van der Waals surface area contributed by atoms with Crippen molar-refractivity contribution in [3.05, 3.63) is 35.4 Å². The van der Waals surface area contributed by atoms with Crippen LogP contribution in [0.1, 0.15) is 54.3 Å².